The number of methoxy groups -OCH3 is 1. The fraction of sp³-hybridized carbons (Fsp3) is 0.250. The van der Waals surface area contributed by atoms with Gasteiger partial charge in [-0.1, -0.05) is 49.4 Å². The number of para-hydroxylation sites is 2. The summed E-state index contributed by atoms with van der Waals surface area (Å²) in [4.78, 5) is 13.4. The lowest BCUT2D eigenvalue weighted by molar-refractivity contribution is -0.113. The van der Waals surface area contributed by atoms with Crippen LogP contribution in [0.4, 0.5) is 5.69 Å². The monoisotopic (exact) mass is 419 g/mol. The maximum absolute atomic E-state index is 13.4. The van der Waals surface area contributed by atoms with Crippen LogP contribution in [0.3, 0.4) is 0 Å². The molecular weight excluding hydrogens is 394 g/mol. The second-order valence-corrected chi connectivity index (χ2v) is 7.97. The van der Waals surface area contributed by atoms with Crippen molar-refractivity contribution in [2.24, 2.45) is 0 Å². The van der Waals surface area contributed by atoms with Gasteiger partial charge < -0.3 is 15.4 Å². The fourth-order valence-electron chi connectivity index (χ4n) is 3.45. The standard InChI is InChI=1S/C24H25N3O2S/c1-4-14-30-24-18(15-25)22(17-10-6-5-7-11-17)21(16(2)26-24)23(28)27-19-12-8-9-13-20(19)29-3/h5-13,22,26H,4,14H2,1-3H3,(H,27,28)/t22-/m0/s1. The number of nitrogens with one attached hydrogen (secondary N) is 2. The van der Waals surface area contributed by atoms with E-state index in [0.29, 0.717) is 22.6 Å². The fourth-order valence-corrected chi connectivity index (χ4v) is 4.40. The highest BCUT2D eigenvalue weighted by molar-refractivity contribution is 8.03. The van der Waals surface area contributed by atoms with E-state index in [2.05, 4.69) is 23.6 Å². The first-order valence-electron chi connectivity index (χ1n) is 9.84. The lowest BCUT2D eigenvalue weighted by atomic mass is 9.82. The van der Waals surface area contributed by atoms with Crippen molar-refractivity contribution in [2.75, 3.05) is 18.2 Å². The largest absolute Gasteiger partial charge is 0.495 e. The van der Waals surface area contributed by atoms with E-state index >= 15 is 0 Å². The molecule has 30 heavy (non-hydrogen) atoms. The quantitative estimate of drug-likeness (QED) is 0.647. The number of anilines is 1. The molecule has 1 atom stereocenters. The van der Waals surface area contributed by atoms with Gasteiger partial charge in [0.05, 0.1) is 35.4 Å². The van der Waals surface area contributed by atoms with Gasteiger partial charge in [0.25, 0.3) is 5.91 Å². The number of carbonyl (C=O) groups is 1. The van der Waals surface area contributed by atoms with E-state index in [1.54, 1.807) is 31.0 Å². The van der Waals surface area contributed by atoms with E-state index in [-0.39, 0.29) is 5.91 Å². The van der Waals surface area contributed by atoms with Crippen LogP contribution in [0.15, 0.2) is 76.5 Å². The summed E-state index contributed by atoms with van der Waals surface area (Å²) in [5, 5.41) is 17.1. The first-order chi connectivity index (χ1) is 14.6. The van der Waals surface area contributed by atoms with Crippen LogP contribution in [0, 0.1) is 11.3 Å². The van der Waals surface area contributed by atoms with Crippen LogP contribution in [0.25, 0.3) is 0 Å². The van der Waals surface area contributed by atoms with Gasteiger partial charge in [0, 0.05) is 11.3 Å². The van der Waals surface area contributed by atoms with Crippen molar-refractivity contribution in [1.29, 1.82) is 5.26 Å². The molecule has 2 N–H and O–H groups in total. The summed E-state index contributed by atoms with van der Waals surface area (Å²) in [5.74, 6) is 0.780. The number of benzene rings is 2. The van der Waals surface area contributed by atoms with Gasteiger partial charge in [-0.05, 0) is 36.8 Å². The van der Waals surface area contributed by atoms with Gasteiger partial charge in [-0.25, -0.2) is 0 Å². The molecule has 0 radical (unpaired) electrons. The van der Waals surface area contributed by atoms with E-state index in [0.717, 1.165) is 28.5 Å². The second kappa shape index (κ2) is 10.0. The predicted octanol–water partition coefficient (Wildman–Crippen LogP) is 5.17. The molecule has 0 bridgehead atoms. The third kappa shape index (κ3) is 4.52. The van der Waals surface area contributed by atoms with Crippen molar-refractivity contribution < 1.29 is 9.53 Å². The molecule has 1 heterocycles. The average molecular weight is 420 g/mol. The molecule has 6 heteroatoms. The molecule has 1 aliphatic heterocycles. The second-order valence-electron chi connectivity index (χ2n) is 6.86. The van der Waals surface area contributed by atoms with Crippen molar-refractivity contribution in [2.45, 2.75) is 26.2 Å². The smallest absolute Gasteiger partial charge is 0.254 e. The van der Waals surface area contributed by atoms with Gasteiger partial charge in [-0.3, -0.25) is 4.79 Å². The first kappa shape index (κ1) is 21.5. The topological polar surface area (TPSA) is 74.2 Å². The first-order valence-corrected chi connectivity index (χ1v) is 10.8. The van der Waals surface area contributed by atoms with Crippen LogP contribution in [0.2, 0.25) is 0 Å². The highest BCUT2D eigenvalue weighted by Gasteiger charge is 2.34. The van der Waals surface area contributed by atoms with Gasteiger partial charge in [-0.15, -0.1) is 11.8 Å². The molecule has 0 spiro atoms. The Morgan fingerprint density at radius 3 is 2.57 bits per heavy atom. The highest BCUT2D eigenvalue weighted by atomic mass is 32.2. The maximum Gasteiger partial charge on any atom is 0.254 e. The Labute approximate surface area is 181 Å². The third-order valence-electron chi connectivity index (χ3n) is 4.83. The summed E-state index contributed by atoms with van der Waals surface area (Å²) in [6.45, 7) is 3.99. The van der Waals surface area contributed by atoms with Crippen molar-refractivity contribution in [3.8, 4) is 11.8 Å². The Morgan fingerprint density at radius 1 is 1.20 bits per heavy atom. The molecule has 5 nitrogen and oxygen atoms in total. The summed E-state index contributed by atoms with van der Waals surface area (Å²) in [6.07, 6.45) is 0.995. The minimum atomic E-state index is -0.438. The van der Waals surface area contributed by atoms with E-state index < -0.39 is 5.92 Å². The highest BCUT2D eigenvalue weighted by Crippen LogP contribution is 2.41. The number of nitrogens with zero attached hydrogens (tertiary/aromatic N) is 1. The average Bonchev–Trinajstić information content (AvgIpc) is 2.77. The molecular formula is C24H25N3O2S. The Hall–Kier alpha value is -3.17. The normalized spacial score (nSPS) is 16.0. The summed E-state index contributed by atoms with van der Waals surface area (Å²) >= 11 is 1.62. The van der Waals surface area contributed by atoms with Gasteiger partial charge in [0.15, 0.2) is 0 Å². The van der Waals surface area contributed by atoms with Crippen LogP contribution >= 0.6 is 11.8 Å². The zero-order chi connectivity index (χ0) is 21.5. The summed E-state index contributed by atoms with van der Waals surface area (Å²) in [7, 11) is 1.57. The Kier molecular flexibility index (Phi) is 7.21. The number of carbonyl (C=O) groups excluding carboxylic acids is 1. The van der Waals surface area contributed by atoms with Crippen molar-refractivity contribution in [3.05, 3.63) is 82.0 Å². The van der Waals surface area contributed by atoms with Crippen LogP contribution < -0.4 is 15.4 Å². The maximum atomic E-state index is 13.4. The molecule has 2 aromatic rings. The molecule has 0 aromatic heterocycles. The SMILES string of the molecule is CCCSC1=C(C#N)[C@H](c2ccccc2)C(C(=O)Nc2ccccc2OC)=C(C)N1. The molecule has 154 valence electrons. The number of hydrogen-bond donors (Lipinski definition) is 2. The molecule has 0 fully saturated rings. The zero-order valence-corrected chi connectivity index (χ0v) is 18.2. The predicted molar refractivity (Wildman–Crippen MR) is 122 cm³/mol. The molecule has 0 aliphatic carbocycles. The van der Waals surface area contributed by atoms with Crippen LogP contribution in [-0.2, 0) is 4.79 Å². The van der Waals surface area contributed by atoms with Gasteiger partial charge in [0.2, 0.25) is 0 Å². The van der Waals surface area contributed by atoms with Crippen LogP contribution in [0.5, 0.6) is 5.75 Å². The number of amides is 1. The summed E-state index contributed by atoms with van der Waals surface area (Å²) in [6, 6.07) is 19.3. The lowest BCUT2D eigenvalue weighted by Crippen LogP contribution is -2.30. The Balaban J connectivity index is 2.05. The number of rotatable bonds is 7. The van der Waals surface area contributed by atoms with Gasteiger partial charge >= 0.3 is 0 Å². The van der Waals surface area contributed by atoms with E-state index in [1.807, 2.05) is 49.4 Å². The Bertz CT molecular complexity index is 1020. The molecule has 2 aromatic carbocycles. The summed E-state index contributed by atoms with van der Waals surface area (Å²) < 4.78 is 5.36. The number of hydrogen-bond acceptors (Lipinski definition) is 5. The number of allylic oxidation sites excluding steroid dienone is 2. The van der Waals surface area contributed by atoms with Gasteiger partial charge in [0.1, 0.15) is 5.75 Å². The molecule has 1 aliphatic rings. The molecule has 0 saturated heterocycles. The number of ether oxygens (including phenoxy) is 1. The number of thioether (sulfide) groups is 1. The molecule has 0 saturated carbocycles. The Morgan fingerprint density at radius 2 is 1.90 bits per heavy atom. The van der Waals surface area contributed by atoms with Crippen LogP contribution in [0.1, 0.15) is 31.7 Å². The molecule has 3 rings (SSSR count). The van der Waals surface area contributed by atoms with Gasteiger partial charge in [-0.2, -0.15) is 5.26 Å². The lowest BCUT2D eigenvalue weighted by Gasteiger charge is -2.30. The van der Waals surface area contributed by atoms with E-state index in [4.69, 9.17) is 4.74 Å². The number of nitriles is 1. The minimum Gasteiger partial charge on any atom is -0.495 e. The number of dihydropyridines is 1. The van der Waals surface area contributed by atoms with Crippen molar-refractivity contribution in [3.63, 3.8) is 0 Å². The minimum absolute atomic E-state index is 0.259. The summed E-state index contributed by atoms with van der Waals surface area (Å²) in [5.41, 5.74) is 3.34. The third-order valence-corrected chi connectivity index (χ3v) is 6.05. The molecule has 1 amide bonds. The van der Waals surface area contributed by atoms with E-state index in [1.165, 1.54) is 0 Å². The van der Waals surface area contributed by atoms with E-state index in [9.17, 15) is 10.1 Å². The van der Waals surface area contributed by atoms with Crippen molar-refractivity contribution >= 4 is 23.4 Å². The van der Waals surface area contributed by atoms with Crippen LogP contribution in [-0.4, -0.2) is 18.8 Å². The zero-order valence-electron chi connectivity index (χ0n) is 17.4. The van der Waals surface area contributed by atoms with Crippen molar-refractivity contribution in [1.82, 2.24) is 5.32 Å². The molecule has 0 unspecified atom stereocenters.